The van der Waals surface area contributed by atoms with Crippen molar-refractivity contribution in [3.63, 3.8) is 0 Å². The molecule has 1 fully saturated rings. The summed E-state index contributed by atoms with van der Waals surface area (Å²) >= 11 is 0. The molecule has 2 N–H and O–H groups in total. The summed E-state index contributed by atoms with van der Waals surface area (Å²) in [6, 6.07) is 1.19. The molecule has 0 aromatic rings. The summed E-state index contributed by atoms with van der Waals surface area (Å²) < 4.78 is 5.61. The van der Waals surface area contributed by atoms with Crippen molar-refractivity contribution in [1.82, 2.24) is 4.90 Å². The first-order valence-corrected chi connectivity index (χ1v) is 5.72. The topological polar surface area (TPSA) is 38.5 Å². The predicted octanol–water partition coefficient (Wildman–Crippen LogP) is 1.22. The molecule has 1 saturated heterocycles. The van der Waals surface area contributed by atoms with Gasteiger partial charge in [0.15, 0.2) is 0 Å². The van der Waals surface area contributed by atoms with Gasteiger partial charge in [0.2, 0.25) is 0 Å². The van der Waals surface area contributed by atoms with Crippen molar-refractivity contribution in [2.45, 2.75) is 51.8 Å². The number of hydrogen-bond donors (Lipinski definition) is 1. The quantitative estimate of drug-likeness (QED) is 0.741. The zero-order valence-electron chi connectivity index (χ0n) is 9.70. The SMILES string of the molecule is CC1CN(C(C)CCCN)C(C)CO1. The minimum atomic E-state index is 0.381. The summed E-state index contributed by atoms with van der Waals surface area (Å²) in [5, 5.41) is 0. The maximum Gasteiger partial charge on any atom is 0.0674 e. The number of morpholine rings is 1. The minimum Gasteiger partial charge on any atom is -0.376 e. The number of nitrogens with zero attached hydrogens (tertiary/aromatic N) is 1. The van der Waals surface area contributed by atoms with E-state index in [0.717, 1.165) is 26.1 Å². The highest BCUT2D eigenvalue weighted by Crippen LogP contribution is 2.17. The third kappa shape index (κ3) is 3.23. The van der Waals surface area contributed by atoms with Crippen LogP contribution in [-0.4, -0.2) is 42.8 Å². The van der Waals surface area contributed by atoms with Crippen LogP contribution in [-0.2, 0) is 4.74 Å². The van der Waals surface area contributed by atoms with Gasteiger partial charge in [-0.3, -0.25) is 4.90 Å². The van der Waals surface area contributed by atoms with E-state index in [0.29, 0.717) is 18.2 Å². The van der Waals surface area contributed by atoms with Gasteiger partial charge in [-0.15, -0.1) is 0 Å². The summed E-state index contributed by atoms with van der Waals surface area (Å²) in [4.78, 5) is 2.55. The summed E-state index contributed by atoms with van der Waals surface area (Å²) in [6.07, 6.45) is 2.71. The van der Waals surface area contributed by atoms with Gasteiger partial charge in [0.05, 0.1) is 12.7 Å². The molecular weight excluding hydrogens is 176 g/mol. The second kappa shape index (κ2) is 5.69. The van der Waals surface area contributed by atoms with Gasteiger partial charge in [-0.2, -0.15) is 0 Å². The Kier molecular flexibility index (Phi) is 4.85. The van der Waals surface area contributed by atoms with Gasteiger partial charge in [-0.1, -0.05) is 0 Å². The van der Waals surface area contributed by atoms with Crippen LogP contribution in [0.4, 0.5) is 0 Å². The minimum absolute atomic E-state index is 0.381. The highest BCUT2D eigenvalue weighted by Gasteiger charge is 2.26. The third-order valence-corrected chi connectivity index (χ3v) is 3.05. The largest absolute Gasteiger partial charge is 0.376 e. The van der Waals surface area contributed by atoms with Crippen molar-refractivity contribution in [1.29, 1.82) is 0 Å². The maximum absolute atomic E-state index is 5.61. The molecule has 3 atom stereocenters. The summed E-state index contributed by atoms with van der Waals surface area (Å²) in [5.74, 6) is 0. The Morgan fingerprint density at radius 2 is 2.21 bits per heavy atom. The Morgan fingerprint density at radius 1 is 1.50 bits per heavy atom. The second-order valence-corrected chi connectivity index (χ2v) is 4.47. The molecule has 84 valence electrons. The third-order valence-electron chi connectivity index (χ3n) is 3.05. The van der Waals surface area contributed by atoms with E-state index in [1.165, 1.54) is 6.42 Å². The number of nitrogens with two attached hydrogens (primary N) is 1. The van der Waals surface area contributed by atoms with E-state index in [1.54, 1.807) is 0 Å². The van der Waals surface area contributed by atoms with Gasteiger partial charge in [0.25, 0.3) is 0 Å². The lowest BCUT2D eigenvalue weighted by atomic mass is 10.1. The van der Waals surface area contributed by atoms with Crippen LogP contribution in [0.2, 0.25) is 0 Å². The zero-order chi connectivity index (χ0) is 10.6. The van der Waals surface area contributed by atoms with Gasteiger partial charge in [0.1, 0.15) is 0 Å². The standard InChI is InChI=1S/C11H24N2O/c1-9(5-4-6-12)13-7-11(3)14-8-10(13)2/h9-11H,4-8,12H2,1-3H3. The molecule has 0 spiro atoms. The van der Waals surface area contributed by atoms with Crippen molar-refractivity contribution in [2.24, 2.45) is 5.73 Å². The van der Waals surface area contributed by atoms with Gasteiger partial charge in [-0.25, -0.2) is 0 Å². The monoisotopic (exact) mass is 200 g/mol. The van der Waals surface area contributed by atoms with Crippen LogP contribution in [0, 0.1) is 0 Å². The molecule has 1 aliphatic heterocycles. The summed E-state index contributed by atoms with van der Waals surface area (Å²) in [7, 11) is 0. The first kappa shape index (κ1) is 12.0. The second-order valence-electron chi connectivity index (χ2n) is 4.47. The van der Waals surface area contributed by atoms with Crippen LogP contribution in [0.25, 0.3) is 0 Å². The van der Waals surface area contributed by atoms with Crippen LogP contribution >= 0.6 is 0 Å². The van der Waals surface area contributed by atoms with Crippen molar-refractivity contribution in [3.8, 4) is 0 Å². The van der Waals surface area contributed by atoms with Gasteiger partial charge >= 0.3 is 0 Å². The number of hydrogen-bond acceptors (Lipinski definition) is 3. The lowest BCUT2D eigenvalue weighted by Gasteiger charge is -2.40. The van der Waals surface area contributed by atoms with Gasteiger partial charge in [-0.05, 0) is 40.2 Å². The highest BCUT2D eigenvalue weighted by atomic mass is 16.5. The molecule has 0 aromatic heterocycles. The smallest absolute Gasteiger partial charge is 0.0674 e. The molecule has 3 unspecified atom stereocenters. The number of rotatable bonds is 4. The molecule has 0 radical (unpaired) electrons. The molecule has 1 heterocycles. The lowest BCUT2D eigenvalue weighted by Crippen LogP contribution is -2.51. The molecule has 0 aromatic carbocycles. The fourth-order valence-electron chi connectivity index (χ4n) is 2.12. The molecule has 3 heteroatoms. The van der Waals surface area contributed by atoms with Crippen LogP contribution in [0.3, 0.4) is 0 Å². The molecule has 1 rings (SSSR count). The van der Waals surface area contributed by atoms with E-state index >= 15 is 0 Å². The van der Waals surface area contributed by atoms with E-state index < -0.39 is 0 Å². The molecule has 0 amide bonds. The van der Waals surface area contributed by atoms with Gasteiger partial charge < -0.3 is 10.5 Å². The van der Waals surface area contributed by atoms with Crippen LogP contribution in [0.15, 0.2) is 0 Å². The fraction of sp³-hybridized carbons (Fsp3) is 1.00. The number of ether oxygens (including phenoxy) is 1. The molecule has 14 heavy (non-hydrogen) atoms. The van der Waals surface area contributed by atoms with Gasteiger partial charge in [0, 0.05) is 18.6 Å². The molecule has 0 bridgehead atoms. The van der Waals surface area contributed by atoms with Crippen molar-refractivity contribution < 1.29 is 4.74 Å². The Labute approximate surface area is 87.6 Å². The van der Waals surface area contributed by atoms with E-state index in [4.69, 9.17) is 10.5 Å². The lowest BCUT2D eigenvalue weighted by molar-refractivity contribution is -0.0644. The van der Waals surface area contributed by atoms with E-state index in [2.05, 4.69) is 25.7 Å². The Hall–Kier alpha value is -0.120. The molecule has 1 aliphatic rings. The van der Waals surface area contributed by atoms with Crippen molar-refractivity contribution in [3.05, 3.63) is 0 Å². The Bertz CT molecular complexity index is 163. The van der Waals surface area contributed by atoms with E-state index in [-0.39, 0.29) is 0 Å². The van der Waals surface area contributed by atoms with Crippen LogP contribution < -0.4 is 5.73 Å². The van der Waals surface area contributed by atoms with E-state index in [1.807, 2.05) is 0 Å². The van der Waals surface area contributed by atoms with Crippen LogP contribution in [0.1, 0.15) is 33.6 Å². The van der Waals surface area contributed by atoms with Crippen LogP contribution in [0.5, 0.6) is 0 Å². The highest BCUT2D eigenvalue weighted by molar-refractivity contribution is 4.79. The molecular formula is C11H24N2O. The average Bonchev–Trinajstić information content (AvgIpc) is 2.18. The predicted molar refractivity (Wildman–Crippen MR) is 59.3 cm³/mol. The molecule has 0 saturated carbocycles. The average molecular weight is 200 g/mol. The van der Waals surface area contributed by atoms with Crippen molar-refractivity contribution in [2.75, 3.05) is 19.7 Å². The van der Waals surface area contributed by atoms with Crippen molar-refractivity contribution >= 4 is 0 Å². The zero-order valence-corrected chi connectivity index (χ0v) is 9.70. The first-order chi connectivity index (χ1) is 6.65. The first-order valence-electron chi connectivity index (χ1n) is 5.72. The normalized spacial score (nSPS) is 31.7. The summed E-state index contributed by atoms with van der Waals surface area (Å²) in [5.41, 5.74) is 5.53. The molecule has 3 nitrogen and oxygen atoms in total. The van der Waals surface area contributed by atoms with E-state index in [9.17, 15) is 0 Å². The summed E-state index contributed by atoms with van der Waals surface area (Å²) in [6.45, 7) is 9.42. The fourth-order valence-corrected chi connectivity index (χ4v) is 2.12. The molecule has 0 aliphatic carbocycles. The Morgan fingerprint density at radius 3 is 2.86 bits per heavy atom. The Balaban J connectivity index is 2.38. The maximum atomic E-state index is 5.61.